The van der Waals surface area contributed by atoms with E-state index in [4.69, 9.17) is 9.84 Å². The fourth-order valence-electron chi connectivity index (χ4n) is 3.21. The van der Waals surface area contributed by atoms with Gasteiger partial charge in [0.1, 0.15) is 11.3 Å². The minimum Gasteiger partial charge on any atom is -0.497 e. The summed E-state index contributed by atoms with van der Waals surface area (Å²) in [5.74, 6) is -2.91. The van der Waals surface area contributed by atoms with Crippen LogP contribution in [-0.4, -0.2) is 51.5 Å². The first-order chi connectivity index (χ1) is 17.0. The molecule has 0 unspecified atom stereocenters. The number of H-pyrrole nitrogens is 1. The van der Waals surface area contributed by atoms with E-state index in [1.165, 1.54) is 6.92 Å². The normalized spacial score (nSPS) is 11.9. The molecular weight excluding hydrogens is 466 g/mol. The van der Waals surface area contributed by atoms with Crippen molar-refractivity contribution >= 4 is 17.8 Å². The molecule has 1 atom stereocenters. The van der Waals surface area contributed by atoms with Gasteiger partial charge in [0, 0.05) is 24.5 Å². The largest absolute Gasteiger partial charge is 0.497 e. The second-order valence-corrected chi connectivity index (χ2v) is 8.66. The Labute approximate surface area is 207 Å². The van der Waals surface area contributed by atoms with Crippen LogP contribution in [-0.2, 0) is 10.3 Å². The van der Waals surface area contributed by atoms with Crippen molar-refractivity contribution in [3.05, 3.63) is 76.1 Å². The number of carboxylic acids is 1. The van der Waals surface area contributed by atoms with Gasteiger partial charge in [-0.2, -0.15) is 0 Å². The summed E-state index contributed by atoms with van der Waals surface area (Å²) in [5, 5.41) is 14.0. The third-order valence-electron chi connectivity index (χ3n) is 5.55. The highest BCUT2D eigenvalue weighted by atomic mass is 16.5. The van der Waals surface area contributed by atoms with E-state index >= 15 is 0 Å². The van der Waals surface area contributed by atoms with Crippen molar-refractivity contribution in [1.82, 2.24) is 25.6 Å². The van der Waals surface area contributed by atoms with Gasteiger partial charge < -0.3 is 25.5 Å². The van der Waals surface area contributed by atoms with Crippen LogP contribution in [0.15, 0.2) is 53.6 Å². The molecule has 188 valence electrons. The number of nitrogens with one attached hydrogen (secondary N) is 3. The van der Waals surface area contributed by atoms with Crippen molar-refractivity contribution < 1.29 is 24.2 Å². The number of carbonyl (C=O) groups excluding carboxylic acids is 2. The van der Waals surface area contributed by atoms with Gasteiger partial charge in [0.2, 0.25) is 0 Å². The van der Waals surface area contributed by atoms with Crippen LogP contribution in [0.2, 0.25) is 0 Å². The van der Waals surface area contributed by atoms with Gasteiger partial charge in [0.25, 0.3) is 17.4 Å². The van der Waals surface area contributed by atoms with Crippen LogP contribution in [0.4, 0.5) is 0 Å². The van der Waals surface area contributed by atoms with Crippen molar-refractivity contribution in [3.63, 3.8) is 0 Å². The van der Waals surface area contributed by atoms with E-state index in [0.29, 0.717) is 5.56 Å². The Hall–Kier alpha value is -4.54. The molecule has 0 saturated carbocycles. The van der Waals surface area contributed by atoms with Gasteiger partial charge in [-0.1, -0.05) is 13.0 Å². The van der Waals surface area contributed by atoms with Gasteiger partial charge in [0.15, 0.2) is 5.82 Å². The SMILES string of the molecule is COc1ccc(-c2ccc(C(C)(C)NC(=O)c3cnc(C(=O)NC[C@H](C)C(=O)O)[nH]c3=O)cn2)cc1. The first-order valence-electron chi connectivity index (χ1n) is 11.1. The number of hydrogen-bond donors (Lipinski definition) is 4. The first-order valence-corrected chi connectivity index (χ1v) is 11.1. The summed E-state index contributed by atoms with van der Waals surface area (Å²) in [6.07, 6.45) is 2.65. The Morgan fingerprint density at radius 3 is 2.31 bits per heavy atom. The Bertz CT molecular complexity index is 1320. The number of carboxylic acid groups (broad SMARTS) is 1. The van der Waals surface area contributed by atoms with Crippen molar-refractivity contribution in [1.29, 1.82) is 0 Å². The van der Waals surface area contributed by atoms with Gasteiger partial charge >= 0.3 is 5.97 Å². The molecule has 0 aliphatic rings. The summed E-state index contributed by atoms with van der Waals surface area (Å²) >= 11 is 0. The predicted octanol–water partition coefficient (Wildman–Crippen LogP) is 1.96. The second-order valence-electron chi connectivity index (χ2n) is 8.66. The van der Waals surface area contributed by atoms with E-state index in [1.54, 1.807) is 27.2 Å². The molecule has 11 nitrogen and oxygen atoms in total. The third kappa shape index (κ3) is 6.12. The van der Waals surface area contributed by atoms with Crippen molar-refractivity contribution in [2.75, 3.05) is 13.7 Å². The maximum atomic E-state index is 12.8. The Balaban J connectivity index is 1.69. The monoisotopic (exact) mass is 493 g/mol. The number of methoxy groups -OCH3 is 1. The molecule has 0 bridgehead atoms. The summed E-state index contributed by atoms with van der Waals surface area (Å²) < 4.78 is 5.17. The molecule has 0 aliphatic heterocycles. The smallest absolute Gasteiger partial charge is 0.308 e. The number of nitrogens with zero attached hydrogens (tertiary/aromatic N) is 2. The van der Waals surface area contributed by atoms with Crippen LogP contribution >= 0.6 is 0 Å². The highest BCUT2D eigenvalue weighted by Crippen LogP contribution is 2.24. The van der Waals surface area contributed by atoms with Gasteiger partial charge in [0.05, 0.1) is 24.3 Å². The average Bonchev–Trinajstić information content (AvgIpc) is 2.86. The van der Waals surface area contributed by atoms with E-state index in [-0.39, 0.29) is 17.9 Å². The third-order valence-corrected chi connectivity index (χ3v) is 5.55. The summed E-state index contributed by atoms with van der Waals surface area (Å²) in [7, 11) is 1.60. The molecular formula is C25H27N5O6. The van der Waals surface area contributed by atoms with Gasteiger partial charge in [-0.25, -0.2) is 4.98 Å². The maximum Gasteiger partial charge on any atom is 0.308 e. The summed E-state index contributed by atoms with van der Waals surface area (Å²) in [5.41, 5.74) is 0.405. The Kier molecular flexibility index (Phi) is 7.83. The number of ether oxygens (including phenoxy) is 1. The number of rotatable bonds is 9. The van der Waals surface area contributed by atoms with Crippen molar-refractivity contribution in [2.24, 2.45) is 5.92 Å². The summed E-state index contributed by atoms with van der Waals surface area (Å²) in [4.78, 5) is 58.8. The lowest BCUT2D eigenvalue weighted by Crippen LogP contribution is -2.43. The van der Waals surface area contributed by atoms with E-state index in [9.17, 15) is 19.2 Å². The highest BCUT2D eigenvalue weighted by molar-refractivity contribution is 5.95. The number of aromatic nitrogens is 3. The number of amides is 2. The van der Waals surface area contributed by atoms with Gasteiger partial charge in [-0.15, -0.1) is 0 Å². The number of pyridine rings is 1. The number of hydrogen-bond acceptors (Lipinski definition) is 7. The zero-order valence-electron chi connectivity index (χ0n) is 20.3. The van der Waals surface area contributed by atoms with Crippen LogP contribution in [0, 0.1) is 5.92 Å². The molecule has 0 aliphatic carbocycles. The second kappa shape index (κ2) is 10.8. The zero-order chi connectivity index (χ0) is 26.5. The molecule has 0 saturated heterocycles. The highest BCUT2D eigenvalue weighted by Gasteiger charge is 2.26. The van der Waals surface area contributed by atoms with Crippen molar-refractivity contribution in [3.8, 4) is 17.0 Å². The first kappa shape index (κ1) is 26.1. The molecule has 1 aromatic carbocycles. The van der Waals surface area contributed by atoms with Crippen molar-refractivity contribution in [2.45, 2.75) is 26.3 Å². The number of benzene rings is 1. The van der Waals surface area contributed by atoms with Crippen LogP contribution in [0.3, 0.4) is 0 Å². The lowest BCUT2D eigenvalue weighted by atomic mass is 9.95. The minimum atomic E-state index is -1.07. The average molecular weight is 494 g/mol. The molecule has 4 N–H and O–H groups in total. The number of aliphatic carboxylic acids is 1. The number of carbonyl (C=O) groups is 3. The Morgan fingerprint density at radius 2 is 1.75 bits per heavy atom. The zero-order valence-corrected chi connectivity index (χ0v) is 20.3. The fourth-order valence-corrected chi connectivity index (χ4v) is 3.21. The van der Waals surface area contributed by atoms with Crippen LogP contribution in [0.5, 0.6) is 5.75 Å². The summed E-state index contributed by atoms with van der Waals surface area (Å²) in [6.45, 7) is 4.82. The van der Waals surface area contributed by atoms with E-state index < -0.39 is 34.8 Å². The van der Waals surface area contributed by atoms with Crippen LogP contribution in [0.1, 0.15) is 47.3 Å². The van der Waals surface area contributed by atoms with Crippen LogP contribution < -0.4 is 20.9 Å². The lowest BCUT2D eigenvalue weighted by Gasteiger charge is -2.26. The molecule has 3 rings (SSSR count). The standard InChI is InChI=1S/C25H27N5O6/c1-14(24(34)35)11-28-23(33)20-27-13-18(21(31)29-20)22(32)30-25(2,3)16-7-10-19(26-12-16)15-5-8-17(36-4)9-6-15/h5-10,12-14H,11H2,1-4H3,(H,28,33)(H,30,32)(H,34,35)(H,27,29,31)/t14-/m0/s1. The summed E-state index contributed by atoms with van der Waals surface area (Å²) in [6, 6.07) is 11.1. The van der Waals surface area contributed by atoms with E-state index in [2.05, 4.69) is 25.6 Å². The number of aromatic amines is 1. The molecule has 0 radical (unpaired) electrons. The maximum absolute atomic E-state index is 12.8. The fraction of sp³-hybridized carbons (Fsp3) is 0.280. The molecule has 36 heavy (non-hydrogen) atoms. The van der Waals surface area contributed by atoms with Gasteiger partial charge in [-0.05, 0) is 49.7 Å². The minimum absolute atomic E-state index is 0.139. The molecule has 0 spiro atoms. The molecule has 0 fully saturated rings. The molecule has 11 heteroatoms. The molecule has 3 aromatic rings. The molecule has 2 heterocycles. The Morgan fingerprint density at radius 1 is 1.06 bits per heavy atom. The van der Waals surface area contributed by atoms with Gasteiger partial charge in [-0.3, -0.25) is 24.2 Å². The predicted molar refractivity (Wildman–Crippen MR) is 131 cm³/mol. The lowest BCUT2D eigenvalue weighted by molar-refractivity contribution is -0.140. The quantitative estimate of drug-likeness (QED) is 0.351. The van der Waals surface area contributed by atoms with E-state index in [1.807, 2.05) is 36.4 Å². The topological polar surface area (TPSA) is 163 Å². The molecule has 2 amide bonds. The van der Waals surface area contributed by atoms with Crippen LogP contribution in [0.25, 0.3) is 11.3 Å². The molecule has 2 aromatic heterocycles. The van der Waals surface area contributed by atoms with E-state index in [0.717, 1.165) is 23.2 Å².